The number of halogens is 1. The molecule has 0 radical (unpaired) electrons. The highest BCUT2D eigenvalue weighted by molar-refractivity contribution is 7.89. The molecule has 21 heavy (non-hydrogen) atoms. The molecule has 2 unspecified atom stereocenters. The number of hydrogen-bond donors (Lipinski definition) is 0. The average molecular weight is 335 g/mol. The van der Waals surface area contributed by atoms with Crippen molar-refractivity contribution < 1.29 is 12.8 Å². The number of rotatable bonds is 4. The molecule has 0 aliphatic carbocycles. The minimum Gasteiger partial charge on any atom is -0.465 e. The molecule has 0 amide bonds. The summed E-state index contributed by atoms with van der Waals surface area (Å²) in [5, 5.41) is 0. The maximum atomic E-state index is 13.0. The lowest BCUT2D eigenvalue weighted by atomic mass is 10.1. The standard InChI is InChI=1S/C14H23ClN2O3S/c1-9-7-17(8-13(9)16(4)5)21(18,19)14-11(3)20-10(2)12(14)6-15/h9,13H,6-8H2,1-5H3. The van der Waals surface area contributed by atoms with Crippen LogP contribution in [0.3, 0.4) is 0 Å². The van der Waals surface area contributed by atoms with E-state index in [1.807, 2.05) is 14.1 Å². The third kappa shape index (κ3) is 2.86. The molecule has 0 N–H and O–H groups in total. The molecular weight excluding hydrogens is 312 g/mol. The van der Waals surface area contributed by atoms with Gasteiger partial charge in [-0.05, 0) is 33.9 Å². The Morgan fingerprint density at radius 3 is 2.38 bits per heavy atom. The Balaban J connectivity index is 2.41. The largest absolute Gasteiger partial charge is 0.465 e. The SMILES string of the molecule is Cc1oc(C)c(S(=O)(=O)N2CC(C)C(N(C)C)C2)c1CCl. The Labute approximate surface area is 131 Å². The highest BCUT2D eigenvalue weighted by atomic mass is 35.5. The second kappa shape index (κ2) is 5.91. The average Bonchev–Trinajstić information content (AvgIpc) is 2.89. The van der Waals surface area contributed by atoms with Crippen LogP contribution in [0.5, 0.6) is 0 Å². The molecule has 0 bridgehead atoms. The Morgan fingerprint density at radius 1 is 1.29 bits per heavy atom. The number of likely N-dealkylation sites (N-methyl/N-ethyl adjacent to an activating group) is 1. The van der Waals surface area contributed by atoms with Crippen LogP contribution in [0.2, 0.25) is 0 Å². The predicted octanol–water partition coefficient (Wildman–Crippen LogP) is 2.21. The Kier molecular flexibility index (Phi) is 4.73. The molecule has 1 aromatic rings. The highest BCUT2D eigenvalue weighted by Gasteiger charge is 2.40. The smallest absolute Gasteiger partial charge is 0.246 e. The minimum atomic E-state index is -3.56. The molecule has 1 saturated heterocycles. The zero-order valence-electron chi connectivity index (χ0n) is 13.2. The maximum absolute atomic E-state index is 13.0. The van der Waals surface area contributed by atoms with Crippen LogP contribution in [0.25, 0.3) is 0 Å². The van der Waals surface area contributed by atoms with Crippen LogP contribution in [-0.2, 0) is 15.9 Å². The lowest BCUT2D eigenvalue weighted by Gasteiger charge is -2.22. The monoisotopic (exact) mass is 334 g/mol. The van der Waals surface area contributed by atoms with Crippen LogP contribution in [0.15, 0.2) is 9.31 Å². The van der Waals surface area contributed by atoms with Gasteiger partial charge in [0.1, 0.15) is 16.4 Å². The van der Waals surface area contributed by atoms with Gasteiger partial charge in [-0.15, -0.1) is 11.6 Å². The first kappa shape index (κ1) is 16.8. The fourth-order valence-electron chi connectivity index (χ4n) is 3.11. The zero-order chi connectivity index (χ0) is 15.9. The molecule has 2 atom stereocenters. The molecule has 2 rings (SSSR count). The van der Waals surface area contributed by atoms with Crippen molar-refractivity contribution in [3.05, 3.63) is 17.1 Å². The van der Waals surface area contributed by atoms with E-state index in [1.54, 1.807) is 18.2 Å². The van der Waals surface area contributed by atoms with Gasteiger partial charge >= 0.3 is 0 Å². The van der Waals surface area contributed by atoms with Gasteiger partial charge in [-0.3, -0.25) is 0 Å². The second-order valence-electron chi connectivity index (χ2n) is 5.99. The summed E-state index contributed by atoms with van der Waals surface area (Å²) in [7, 11) is 0.400. The number of aryl methyl sites for hydroxylation is 2. The summed E-state index contributed by atoms with van der Waals surface area (Å²) in [5.41, 5.74) is 0.579. The summed E-state index contributed by atoms with van der Waals surface area (Å²) < 4.78 is 32.9. The number of alkyl halides is 1. The molecule has 5 nitrogen and oxygen atoms in total. The summed E-state index contributed by atoms with van der Waals surface area (Å²) in [6.07, 6.45) is 0. The number of sulfonamides is 1. The predicted molar refractivity (Wildman–Crippen MR) is 83.1 cm³/mol. The van der Waals surface area contributed by atoms with Crippen molar-refractivity contribution in [3.8, 4) is 0 Å². The van der Waals surface area contributed by atoms with Gasteiger partial charge in [-0.25, -0.2) is 8.42 Å². The summed E-state index contributed by atoms with van der Waals surface area (Å²) in [5.74, 6) is 1.43. The summed E-state index contributed by atoms with van der Waals surface area (Å²) >= 11 is 5.92. The van der Waals surface area contributed by atoms with Crippen LogP contribution in [-0.4, -0.2) is 50.8 Å². The van der Waals surface area contributed by atoms with Gasteiger partial charge in [0.05, 0.1) is 5.88 Å². The molecular formula is C14H23ClN2O3S. The third-order valence-electron chi connectivity index (χ3n) is 4.26. The van der Waals surface area contributed by atoms with E-state index >= 15 is 0 Å². The van der Waals surface area contributed by atoms with E-state index in [0.29, 0.717) is 36.1 Å². The lowest BCUT2D eigenvalue weighted by molar-refractivity contribution is 0.263. The van der Waals surface area contributed by atoms with Crippen molar-refractivity contribution in [1.29, 1.82) is 0 Å². The van der Waals surface area contributed by atoms with E-state index in [9.17, 15) is 8.42 Å². The number of nitrogens with zero attached hydrogens (tertiary/aromatic N) is 2. The van der Waals surface area contributed by atoms with Crippen molar-refractivity contribution in [2.24, 2.45) is 5.92 Å². The van der Waals surface area contributed by atoms with Crippen molar-refractivity contribution >= 4 is 21.6 Å². The van der Waals surface area contributed by atoms with Gasteiger partial charge in [-0.1, -0.05) is 6.92 Å². The van der Waals surface area contributed by atoms with Gasteiger partial charge < -0.3 is 9.32 Å². The fraction of sp³-hybridized carbons (Fsp3) is 0.714. The van der Waals surface area contributed by atoms with Gasteiger partial charge in [0.2, 0.25) is 10.0 Å². The van der Waals surface area contributed by atoms with E-state index < -0.39 is 10.0 Å². The van der Waals surface area contributed by atoms with Gasteiger partial charge in [0.15, 0.2) is 0 Å². The molecule has 1 aromatic heterocycles. The Hall–Kier alpha value is -0.560. The summed E-state index contributed by atoms with van der Waals surface area (Å²) in [4.78, 5) is 2.33. The molecule has 0 spiro atoms. The van der Waals surface area contributed by atoms with E-state index in [1.165, 1.54) is 0 Å². The van der Waals surface area contributed by atoms with Crippen molar-refractivity contribution in [2.75, 3.05) is 27.2 Å². The first-order valence-corrected chi connectivity index (χ1v) is 8.99. The second-order valence-corrected chi connectivity index (χ2v) is 8.13. The first-order valence-electron chi connectivity index (χ1n) is 7.01. The molecule has 1 fully saturated rings. The fourth-order valence-corrected chi connectivity index (χ4v) is 5.48. The highest BCUT2D eigenvalue weighted by Crippen LogP contribution is 2.33. The van der Waals surface area contributed by atoms with E-state index in [0.717, 1.165) is 0 Å². The quantitative estimate of drug-likeness (QED) is 0.792. The van der Waals surface area contributed by atoms with E-state index in [4.69, 9.17) is 16.0 Å². The van der Waals surface area contributed by atoms with Crippen molar-refractivity contribution in [1.82, 2.24) is 9.21 Å². The number of furan rings is 1. The van der Waals surface area contributed by atoms with Crippen LogP contribution in [0.1, 0.15) is 24.0 Å². The first-order chi connectivity index (χ1) is 9.70. The van der Waals surface area contributed by atoms with Gasteiger partial charge in [0.25, 0.3) is 0 Å². The normalized spacial score (nSPS) is 24.1. The molecule has 120 valence electrons. The lowest BCUT2D eigenvalue weighted by Crippen LogP contribution is -2.36. The molecule has 0 aromatic carbocycles. The zero-order valence-corrected chi connectivity index (χ0v) is 14.8. The van der Waals surface area contributed by atoms with Gasteiger partial charge in [-0.2, -0.15) is 4.31 Å². The molecule has 0 saturated carbocycles. The molecule has 1 aliphatic heterocycles. The Bertz CT molecular complexity index is 624. The van der Waals surface area contributed by atoms with Crippen LogP contribution in [0.4, 0.5) is 0 Å². The van der Waals surface area contributed by atoms with Crippen LogP contribution in [0, 0.1) is 19.8 Å². The Morgan fingerprint density at radius 2 is 1.90 bits per heavy atom. The maximum Gasteiger partial charge on any atom is 0.246 e. The van der Waals surface area contributed by atoms with Crippen molar-refractivity contribution in [2.45, 2.75) is 37.6 Å². The van der Waals surface area contributed by atoms with Crippen molar-refractivity contribution in [3.63, 3.8) is 0 Å². The summed E-state index contributed by atoms with van der Waals surface area (Å²) in [6, 6.07) is 0.229. The minimum absolute atomic E-state index is 0.137. The summed E-state index contributed by atoms with van der Waals surface area (Å²) in [6.45, 7) is 6.53. The van der Waals surface area contributed by atoms with E-state index in [2.05, 4.69) is 11.8 Å². The van der Waals surface area contributed by atoms with E-state index in [-0.39, 0.29) is 16.8 Å². The van der Waals surface area contributed by atoms with Crippen LogP contribution >= 0.6 is 11.6 Å². The topological polar surface area (TPSA) is 53.8 Å². The molecule has 2 heterocycles. The number of hydrogen-bond acceptors (Lipinski definition) is 4. The molecule has 1 aliphatic rings. The van der Waals surface area contributed by atoms with Gasteiger partial charge in [0, 0.05) is 24.7 Å². The van der Waals surface area contributed by atoms with Crippen LogP contribution < -0.4 is 0 Å². The third-order valence-corrected chi connectivity index (χ3v) is 6.55. The molecule has 7 heteroatoms.